The van der Waals surface area contributed by atoms with E-state index in [0.717, 1.165) is 17.1 Å². The minimum atomic E-state index is -0.157. The molecule has 35 heavy (non-hydrogen) atoms. The summed E-state index contributed by atoms with van der Waals surface area (Å²) in [4.78, 5) is 26.8. The van der Waals surface area contributed by atoms with Crippen LogP contribution in [0, 0.1) is 0 Å². The van der Waals surface area contributed by atoms with Crippen LogP contribution in [0.3, 0.4) is 0 Å². The quantitative estimate of drug-likeness (QED) is 0.377. The molecule has 184 valence electrons. The fourth-order valence-electron chi connectivity index (χ4n) is 3.50. The number of hydrogen-bond acceptors (Lipinski definition) is 5. The van der Waals surface area contributed by atoms with E-state index < -0.39 is 0 Å². The number of benzene rings is 3. The van der Waals surface area contributed by atoms with Gasteiger partial charge in [-0.3, -0.25) is 14.5 Å². The molecule has 7 heteroatoms. The Balaban J connectivity index is 1.43. The zero-order valence-electron chi connectivity index (χ0n) is 20.5. The van der Waals surface area contributed by atoms with E-state index in [0.29, 0.717) is 31.0 Å². The number of amides is 2. The lowest BCUT2D eigenvalue weighted by Crippen LogP contribution is -2.38. The molecular formula is C28H33N3O4. The number of anilines is 1. The first kappa shape index (κ1) is 25.8. The van der Waals surface area contributed by atoms with E-state index in [-0.39, 0.29) is 24.4 Å². The zero-order valence-corrected chi connectivity index (χ0v) is 20.5. The summed E-state index contributed by atoms with van der Waals surface area (Å²) in [6, 6.07) is 24.2. The van der Waals surface area contributed by atoms with Crippen molar-refractivity contribution in [2.45, 2.75) is 19.9 Å². The first-order valence-electron chi connectivity index (χ1n) is 11.7. The lowest BCUT2D eigenvalue weighted by Gasteiger charge is -2.25. The Kier molecular flexibility index (Phi) is 9.69. The molecule has 0 aromatic heterocycles. The average Bonchev–Trinajstić information content (AvgIpc) is 2.88. The minimum absolute atomic E-state index is 0.0190. The molecule has 0 saturated heterocycles. The van der Waals surface area contributed by atoms with E-state index in [1.807, 2.05) is 92.5 Å². The largest absolute Gasteiger partial charge is 0.494 e. The van der Waals surface area contributed by atoms with Crippen molar-refractivity contribution >= 4 is 17.5 Å². The highest BCUT2D eigenvalue weighted by molar-refractivity contribution is 6.04. The van der Waals surface area contributed by atoms with Crippen LogP contribution in [0.1, 0.15) is 35.8 Å². The van der Waals surface area contributed by atoms with Gasteiger partial charge in [0.05, 0.1) is 19.7 Å². The normalized spacial score (nSPS) is 11.5. The second-order valence-corrected chi connectivity index (χ2v) is 8.14. The summed E-state index contributed by atoms with van der Waals surface area (Å²) in [5.74, 6) is 1.29. The van der Waals surface area contributed by atoms with Crippen LogP contribution in [0.2, 0.25) is 0 Å². The van der Waals surface area contributed by atoms with Crippen molar-refractivity contribution in [3.05, 3.63) is 90.0 Å². The van der Waals surface area contributed by atoms with Crippen LogP contribution in [0.5, 0.6) is 11.5 Å². The number of carbonyl (C=O) groups is 2. The summed E-state index contributed by atoms with van der Waals surface area (Å²) < 4.78 is 11.1. The lowest BCUT2D eigenvalue weighted by atomic mass is 10.1. The molecule has 2 N–H and O–H groups in total. The summed E-state index contributed by atoms with van der Waals surface area (Å²) in [6.07, 6.45) is 0. The average molecular weight is 476 g/mol. The molecular weight excluding hydrogens is 442 g/mol. The molecule has 0 fully saturated rings. The fourth-order valence-corrected chi connectivity index (χ4v) is 3.50. The second kappa shape index (κ2) is 13.2. The second-order valence-electron chi connectivity index (χ2n) is 8.14. The number of likely N-dealkylation sites (N-methyl/N-ethyl adjacent to an activating group) is 1. The van der Waals surface area contributed by atoms with Gasteiger partial charge in [-0.2, -0.15) is 0 Å². The molecule has 7 nitrogen and oxygen atoms in total. The predicted octanol–water partition coefficient (Wildman–Crippen LogP) is 4.53. The zero-order chi connectivity index (χ0) is 25.0. The number of ether oxygens (including phenoxy) is 2. The molecule has 0 heterocycles. The maximum atomic E-state index is 12.4. The Labute approximate surface area is 207 Å². The van der Waals surface area contributed by atoms with Crippen LogP contribution >= 0.6 is 0 Å². The van der Waals surface area contributed by atoms with E-state index in [1.165, 1.54) is 0 Å². The number of nitrogens with zero attached hydrogens (tertiary/aromatic N) is 1. The standard InChI is InChI=1S/C28H33N3O4/c1-4-34-25-13-15-26(16-14-25)35-18-17-29-27(32)20-31(3)21(2)23-11-8-12-24(19-23)30-28(33)22-9-6-5-7-10-22/h5-16,19,21H,4,17-18,20H2,1-3H3,(H,29,32)(H,30,33). The third kappa shape index (κ3) is 8.15. The van der Waals surface area contributed by atoms with Crippen molar-refractivity contribution in [3.63, 3.8) is 0 Å². The lowest BCUT2D eigenvalue weighted by molar-refractivity contribution is -0.122. The van der Waals surface area contributed by atoms with Gasteiger partial charge in [0.1, 0.15) is 18.1 Å². The van der Waals surface area contributed by atoms with Crippen molar-refractivity contribution in [1.82, 2.24) is 10.2 Å². The van der Waals surface area contributed by atoms with Crippen molar-refractivity contribution < 1.29 is 19.1 Å². The van der Waals surface area contributed by atoms with Gasteiger partial charge in [-0.1, -0.05) is 30.3 Å². The van der Waals surface area contributed by atoms with Crippen molar-refractivity contribution in [2.24, 2.45) is 0 Å². The van der Waals surface area contributed by atoms with Crippen LogP contribution < -0.4 is 20.1 Å². The summed E-state index contributed by atoms with van der Waals surface area (Å²) in [5.41, 5.74) is 2.32. The molecule has 3 aromatic rings. The van der Waals surface area contributed by atoms with Gasteiger partial charge < -0.3 is 20.1 Å². The van der Waals surface area contributed by atoms with Gasteiger partial charge in [-0.05, 0) is 75.0 Å². The molecule has 1 unspecified atom stereocenters. The Hall–Kier alpha value is -3.84. The topological polar surface area (TPSA) is 79.9 Å². The Morgan fingerprint density at radius 2 is 1.60 bits per heavy atom. The highest BCUT2D eigenvalue weighted by Gasteiger charge is 2.16. The number of carbonyl (C=O) groups excluding carboxylic acids is 2. The van der Waals surface area contributed by atoms with Crippen molar-refractivity contribution in [2.75, 3.05) is 38.7 Å². The van der Waals surface area contributed by atoms with Gasteiger partial charge in [0, 0.05) is 17.3 Å². The number of nitrogens with one attached hydrogen (secondary N) is 2. The van der Waals surface area contributed by atoms with Gasteiger partial charge in [-0.25, -0.2) is 0 Å². The van der Waals surface area contributed by atoms with Gasteiger partial charge in [0.2, 0.25) is 5.91 Å². The molecule has 3 aromatic carbocycles. The molecule has 0 aliphatic carbocycles. The van der Waals surface area contributed by atoms with Crippen molar-refractivity contribution in [3.8, 4) is 11.5 Å². The summed E-state index contributed by atoms with van der Waals surface area (Å²) in [5, 5.41) is 5.82. The van der Waals surface area contributed by atoms with Gasteiger partial charge in [-0.15, -0.1) is 0 Å². The van der Waals surface area contributed by atoms with Crippen LogP contribution in [0.25, 0.3) is 0 Å². The fraction of sp³-hybridized carbons (Fsp3) is 0.286. The molecule has 0 aliphatic heterocycles. The minimum Gasteiger partial charge on any atom is -0.494 e. The maximum Gasteiger partial charge on any atom is 0.255 e. The van der Waals surface area contributed by atoms with E-state index in [4.69, 9.17) is 9.47 Å². The molecule has 2 amide bonds. The molecule has 0 spiro atoms. The SMILES string of the molecule is CCOc1ccc(OCCNC(=O)CN(C)C(C)c2cccc(NC(=O)c3ccccc3)c2)cc1. The molecule has 0 bridgehead atoms. The van der Waals surface area contributed by atoms with E-state index in [1.54, 1.807) is 12.1 Å². The Bertz CT molecular complexity index is 1090. The van der Waals surface area contributed by atoms with Crippen LogP contribution in [-0.4, -0.2) is 50.1 Å². The van der Waals surface area contributed by atoms with E-state index >= 15 is 0 Å². The van der Waals surface area contributed by atoms with Gasteiger partial charge in [0.15, 0.2) is 0 Å². The van der Waals surface area contributed by atoms with E-state index in [2.05, 4.69) is 10.6 Å². The summed E-state index contributed by atoms with van der Waals surface area (Å²) >= 11 is 0. The van der Waals surface area contributed by atoms with Crippen LogP contribution in [0.15, 0.2) is 78.9 Å². The molecule has 0 radical (unpaired) electrons. The third-order valence-corrected chi connectivity index (χ3v) is 5.54. The molecule has 0 saturated carbocycles. The number of hydrogen-bond donors (Lipinski definition) is 2. The van der Waals surface area contributed by atoms with Crippen LogP contribution in [0.4, 0.5) is 5.69 Å². The van der Waals surface area contributed by atoms with Crippen LogP contribution in [-0.2, 0) is 4.79 Å². The molecule has 0 aliphatic rings. The molecule has 1 atom stereocenters. The Morgan fingerprint density at radius 3 is 2.29 bits per heavy atom. The van der Waals surface area contributed by atoms with Gasteiger partial charge in [0.25, 0.3) is 5.91 Å². The van der Waals surface area contributed by atoms with Gasteiger partial charge >= 0.3 is 0 Å². The first-order chi connectivity index (χ1) is 17.0. The molecule has 3 rings (SSSR count). The monoisotopic (exact) mass is 475 g/mol. The third-order valence-electron chi connectivity index (χ3n) is 5.54. The predicted molar refractivity (Wildman–Crippen MR) is 138 cm³/mol. The smallest absolute Gasteiger partial charge is 0.255 e. The van der Waals surface area contributed by atoms with Crippen molar-refractivity contribution in [1.29, 1.82) is 0 Å². The summed E-state index contributed by atoms with van der Waals surface area (Å²) in [7, 11) is 1.90. The summed E-state index contributed by atoms with van der Waals surface area (Å²) in [6.45, 7) is 5.62. The highest BCUT2D eigenvalue weighted by atomic mass is 16.5. The first-order valence-corrected chi connectivity index (χ1v) is 11.7. The number of rotatable bonds is 12. The highest BCUT2D eigenvalue weighted by Crippen LogP contribution is 2.22. The van der Waals surface area contributed by atoms with E-state index in [9.17, 15) is 9.59 Å². The maximum absolute atomic E-state index is 12.4. The Morgan fingerprint density at radius 1 is 0.914 bits per heavy atom.